The van der Waals surface area contributed by atoms with Gasteiger partial charge in [0.1, 0.15) is 18.8 Å². The third-order valence-electron chi connectivity index (χ3n) is 11.1. The highest BCUT2D eigenvalue weighted by Gasteiger charge is 2.51. The predicted molar refractivity (Wildman–Crippen MR) is 212 cm³/mol. The van der Waals surface area contributed by atoms with E-state index in [2.05, 4.69) is 0 Å². The van der Waals surface area contributed by atoms with Crippen LogP contribution in [0.5, 0.6) is 74.7 Å². The van der Waals surface area contributed by atoms with E-state index < -0.39 is 213 Å². The maximum atomic E-state index is 14.5. The lowest BCUT2D eigenvalue weighted by Crippen LogP contribution is -2.61. The fourth-order valence-electron chi connectivity index (χ4n) is 8.03. The maximum Gasteiger partial charge on any atom is 0.345 e. The van der Waals surface area contributed by atoms with Gasteiger partial charge in [-0.05, 0) is 24.3 Å². The number of phenolic OH excluding ortho intramolecular Hbond substituents is 13. The van der Waals surface area contributed by atoms with E-state index in [9.17, 15) is 101 Å². The number of ether oxygens (including phenoxy) is 4. The maximum absolute atomic E-state index is 14.5. The third kappa shape index (κ3) is 6.04. The van der Waals surface area contributed by atoms with Crippen LogP contribution in [0.1, 0.15) is 31.1 Å². The molecule has 5 atom stereocenters. The van der Waals surface area contributed by atoms with Crippen LogP contribution in [0, 0.1) is 0 Å². The molecule has 2 aliphatic rings. The van der Waals surface area contributed by atoms with Crippen LogP contribution < -0.4 is 11.3 Å². The number of benzene rings is 5. The Balaban J connectivity index is 1.39. The highest BCUT2D eigenvalue weighted by Crippen LogP contribution is 2.58. The van der Waals surface area contributed by atoms with Gasteiger partial charge in [0.15, 0.2) is 81.4 Å². The highest BCUT2D eigenvalue weighted by atomic mass is 16.7. The number of aromatic hydroxyl groups is 13. The number of cyclic esters (lactones) is 1. The molecular formula is C41H26O26. The van der Waals surface area contributed by atoms with Crippen LogP contribution in [-0.4, -0.2) is 132 Å². The van der Waals surface area contributed by atoms with E-state index in [1.165, 1.54) is 0 Å². The lowest BCUT2D eigenvalue weighted by Gasteiger charge is -2.41. The molecular weight excluding hydrogens is 908 g/mol. The van der Waals surface area contributed by atoms with Crippen LogP contribution in [0.4, 0.5) is 0 Å². The van der Waals surface area contributed by atoms with Gasteiger partial charge in [-0.15, -0.1) is 0 Å². The predicted octanol–water partition coefficient (Wildman–Crippen LogP) is 0.997. The van der Waals surface area contributed by atoms with Gasteiger partial charge in [-0.1, -0.05) is 0 Å². The first-order valence-corrected chi connectivity index (χ1v) is 18.7. The Morgan fingerprint density at radius 2 is 0.955 bits per heavy atom. The molecule has 1 saturated heterocycles. The second-order valence-electron chi connectivity index (χ2n) is 14.9. The van der Waals surface area contributed by atoms with E-state index in [0.717, 1.165) is 0 Å². The van der Waals surface area contributed by atoms with E-state index in [1.807, 2.05) is 0 Å². The van der Waals surface area contributed by atoms with Gasteiger partial charge >= 0.3 is 29.2 Å². The first-order chi connectivity index (χ1) is 31.5. The summed E-state index contributed by atoms with van der Waals surface area (Å²) in [6, 6.07) is 1.89. The molecule has 15 N–H and O–H groups in total. The Morgan fingerprint density at radius 1 is 0.522 bits per heavy atom. The summed E-state index contributed by atoms with van der Waals surface area (Å²) in [5, 5.41) is 159. The molecule has 0 saturated carbocycles. The highest BCUT2D eigenvalue weighted by molar-refractivity contribution is 6.29. The minimum atomic E-state index is -2.47. The molecule has 5 aromatic carbocycles. The molecule has 26 nitrogen and oxygen atoms in total. The number of aliphatic hydroxyl groups excluding tert-OH is 2. The van der Waals surface area contributed by atoms with Gasteiger partial charge in [0.05, 0.1) is 27.5 Å². The minimum absolute atomic E-state index is 0.352. The molecule has 9 rings (SSSR count). The Kier molecular flexibility index (Phi) is 9.39. The molecule has 6 bridgehead atoms. The Hall–Kier alpha value is -9.27. The molecule has 0 radical (unpaired) electrons. The topological polar surface area (TPSA) is 452 Å². The first-order valence-electron chi connectivity index (χ1n) is 18.7. The zero-order chi connectivity index (χ0) is 48.6. The fraction of sp³-hybridized carbons (Fsp3) is 0.146. The number of hydrogen-bond acceptors (Lipinski definition) is 26. The van der Waals surface area contributed by atoms with Crippen LogP contribution in [0.15, 0.2) is 42.7 Å². The average molecular weight is 935 g/mol. The number of rotatable bonds is 2. The summed E-state index contributed by atoms with van der Waals surface area (Å²) >= 11 is 0. The van der Waals surface area contributed by atoms with Gasteiger partial charge in [0.2, 0.25) is 23.0 Å². The number of fused-ring (bicyclic) bond motifs is 5. The fourth-order valence-corrected chi connectivity index (χ4v) is 8.03. The summed E-state index contributed by atoms with van der Waals surface area (Å²) in [4.78, 5) is 70.2. The van der Waals surface area contributed by atoms with E-state index in [4.69, 9.17) is 27.8 Å². The van der Waals surface area contributed by atoms with E-state index in [-0.39, 0.29) is 0 Å². The molecule has 346 valence electrons. The standard InChI is InChI=1S/C41H26O26/c42-9-1-6(2-10(43)22(9)46)36(56)67-35-31(55)41(61)63-13-5-62-37(57)7-3-11(44)23(47)25(49)14(7)16-20-18-19-21(40(60)66-33(18)29(53)27(16)51)17(28(52)30(54)34(19)65-39(20)59)15-8(38(58)64-32(13)35)4-12(45)24(48)26(15)50/h1-4,13,31-32,35,41-55,61H,5H2. The van der Waals surface area contributed by atoms with Crippen molar-refractivity contribution in [3.05, 3.63) is 61.8 Å². The number of carbonyl (C=O) groups is 3. The molecule has 4 heterocycles. The van der Waals surface area contributed by atoms with Gasteiger partial charge < -0.3 is 104 Å². The summed E-state index contributed by atoms with van der Waals surface area (Å²) in [6.07, 6.45) is -11.9. The second kappa shape index (κ2) is 14.6. The monoisotopic (exact) mass is 934 g/mol. The quantitative estimate of drug-likeness (QED) is 0.0378. The molecule has 2 aromatic heterocycles. The van der Waals surface area contributed by atoms with Crippen molar-refractivity contribution >= 4 is 50.6 Å². The van der Waals surface area contributed by atoms with Gasteiger partial charge in [0.25, 0.3) is 0 Å². The summed E-state index contributed by atoms with van der Waals surface area (Å²) in [7, 11) is 0. The molecule has 7 aromatic rings. The van der Waals surface area contributed by atoms with E-state index in [0.29, 0.717) is 24.3 Å². The molecule has 2 aliphatic heterocycles. The molecule has 1 fully saturated rings. The van der Waals surface area contributed by atoms with Gasteiger partial charge in [-0.25, -0.2) is 24.0 Å². The minimum Gasteiger partial charge on any atom is -0.504 e. The number of phenols is 13. The smallest absolute Gasteiger partial charge is 0.345 e. The zero-order valence-corrected chi connectivity index (χ0v) is 32.6. The molecule has 67 heavy (non-hydrogen) atoms. The average Bonchev–Trinajstić information content (AvgIpc) is 3.28. The van der Waals surface area contributed by atoms with Crippen molar-refractivity contribution in [2.24, 2.45) is 0 Å². The number of carbonyl (C=O) groups excluding carboxylic acids is 3. The first kappa shape index (κ1) is 43.0. The summed E-state index contributed by atoms with van der Waals surface area (Å²) < 4.78 is 32.2. The lowest BCUT2D eigenvalue weighted by molar-refractivity contribution is -0.285. The van der Waals surface area contributed by atoms with Crippen LogP contribution in [0.3, 0.4) is 0 Å². The number of hydrogen-bond donors (Lipinski definition) is 15. The molecule has 0 amide bonds. The van der Waals surface area contributed by atoms with Crippen LogP contribution in [0.25, 0.3) is 55.0 Å². The SMILES string of the molecule is O=C(OC1C(O)C(O)OC2COC(=O)c3cc(O)c(O)c(O)c3-c3c(O)c(O)c4oc(=O)c5c(c(O)c(O)c6oc(=O)c3c4c65)-c3c(cc(O)c(O)c3O)C(=O)OC21)c1cc(O)c(O)c(O)c1. The summed E-state index contributed by atoms with van der Waals surface area (Å²) in [6.45, 7) is -1.32. The zero-order valence-electron chi connectivity index (χ0n) is 32.6. The van der Waals surface area contributed by atoms with Crippen molar-refractivity contribution in [3.8, 4) is 97.0 Å². The van der Waals surface area contributed by atoms with Gasteiger partial charge in [-0.2, -0.15) is 0 Å². The number of aliphatic hydroxyl groups is 2. The summed E-state index contributed by atoms with van der Waals surface area (Å²) in [5.74, 6) is -23.1. The molecule has 0 spiro atoms. The third-order valence-corrected chi connectivity index (χ3v) is 11.1. The van der Waals surface area contributed by atoms with Crippen molar-refractivity contribution in [2.45, 2.75) is 30.7 Å². The van der Waals surface area contributed by atoms with E-state index >= 15 is 0 Å². The van der Waals surface area contributed by atoms with E-state index in [1.54, 1.807) is 0 Å². The van der Waals surface area contributed by atoms with Crippen molar-refractivity contribution in [1.82, 2.24) is 0 Å². The number of esters is 3. The van der Waals surface area contributed by atoms with Crippen LogP contribution in [-0.2, 0) is 18.9 Å². The van der Waals surface area contributed by atoms with Gasteiger partial charge in [0, 0.05) is 33.0 Å². The molecule has 0 aliphatic carbocycles. The van der Waals surface area contributed by atoms with Gasteiger partial charge in [-0.3, -0.25) is 0 Å². The Labute approximate surface area is 365 Å². The van der Waals surface area contributed by atoms with Crippen molar-refractivity contribution in [3.63, 3.8) is 0 Å². The molecule has 26 heteroatoms. The van der Waals surface area contributed by atoms with Crippen molar-refractivity contribution in [2.75, 3.05) is 6.61 Å². The Morgan fingerprint density at radius 3 is 1.43 bits per heavy atom. The van der Waals surface area contributed by atoms with Crippen LogP contribution in [0.2, 0.25) is 0 Å². The Bertz CT molecular complexity index is 3470. The summed E-state index contributed by atoms with van der Waals surface area (Å²) in [5.41, 5.74) is -13.4. The lowest BCUT2D eigenvalue weighted by atomic mass is 9.88. The normalized spacial score (nSPS) is 19.6. The second-order valence-corrected chi connectivity index (χ2v) is 14.9. The largest absolute Gasteiger partial charge is 0.504 e. The van der Waals surface area contributed by atoms with Crippen molar-refractivity contribution in [1.29, 1.82) is 0 Å². The van der Waals surface area contributed by atoms with Crippen molar-refractivity contribution < 1.29 is 119 Å². The van der Waals surface area contributed by atoms with Crippen LogP contribution >= 0.6 is 0 Å². The molecule has 5 unspecified atom stereocenters.